The molecule has 0 aliphatic rings. The van der Waals surface area contributed by atoms with E-state index in [4.69, 9.17) is 9.47 Å². The minimum absolute atomic E-state index is 0.371. The van der Waals surface area contributed by atoms with Gasteiger partial charge in [0.15, 0.2) is 6.29 Å². The van der Waals surface area contributed by atoms with Gasteiger partial charge >= 0.3 is 6.18 Å². The Hall–Kier alpha value is -0.790. The zero-order valence-corrected chi connectivity index (χ0v) is 11.6. The lowest BCUT2D eigenvalue weighted by atomic mass is 10.3. The lowest BCUT2D eigenvalue weighted by Gasteiger charge is -2.16. The van der Waals surface area contributed by atoms with Crippen LogP contribution in [-0.2, 0) is 15.7 Å². The van der Waals surface area contributed by atoms with Crippen LogP contribution in [0.25, 0.3) is 0 Å². The lowest BCUT2D eigenvalue weighted by molar-refractivity contribution is -0.137. The van der Waals surface area contributed by atoms with E-state index >= 15 is 0 Å². The van der Waals surface area contributed by atoms with Crippen molar-refractivity contribution in [2.75, 3.05) is 19.0 Å². The molecule has 0 spiro atoms. The molecule has 1 aromatic rings. The van der Waals surface area contributed by atoms with Crippen LogP contribution in [0.15, 0.2) is 23.4 Å². The number of hydrogen-bond acceptors (Lipinski definition) is 4. The van der Waals surface area contributed by atoms with Gasteiger partial charge in [0, 0.05) is 19.4 Å². The molecule has 1 rings (SSSR count). The highest BCUT2D eigenvalue weighted by Gasteiger charge is 2.30. The molecule has 0 bridgehead atoms. The molecule has 0 radical (unpaired) electrons. The number of halogens is 3. The van der Waals surface area contributed by atoms with Crippen molar-refractivity contribution in [3.8, 4) is 0 Å². The van der Waals surface area contributed by atoms with Crippen LogP contribution in [0.5, 0.6) is 0 Å². The van der Waals surface area contributed by atoms with Crippen LogP contribution >= 0.6 is 11.8 Å². The fourth-order valence-corrected chi connectivity index (χ4v) is 2.09. The third kappa shape index (κ3) is 5.80. The molecule has 0 aliphatic heterocycles. The highest BCUT2D eigenvalue weighted by Crippen LogP contribution is 2.29. The average Bonchev–Trinajstić information content (AvgIpc) is 2.36. The summed E-state index contributed by atoms with van der Waals surface area (Å²) in [5, 5.41) is 0.511. The van der Waals surface area contributed by atoms with Crippen molar-refractivity contribution in [2.24, 2.45) is 0 Å². The largest absolute Gasteiger partial charge is 0.417 e. The maximum absolute atomic E-state index is 12.3. The van der Waals surface area contributed by atoms with Crippen molar-refractivity contribution in [1.29, 1.82) is 0 Å². The second kappa shape index (κ2) is 7.72. The fourth-order valence-electron chi connectivity index (χ4n) is 1.30. The van der Waals surface area contributed by atoms with E-state index in [1.807, 2.05) is 13.8 Å². The van der Waals surface area contributed by atoms with Gasteiger partial charge in [-0.1, -0.05) is 0 Å². The zero-order chi connectivity index (χ0) is 14.3. The predicted octanol–water partition coefficient (Wildman–Crippen LogP) is 3.59. The highest BCUT2D eigenvalue weighted by atomic mass is 32.2. The van der Waals surface area contributed by atoms with Crippen molar-refractivity contribution < 1.29 is 22.6 Å². The van der Waals surface area contributed by atoms with E-state index in [0.717, 1.165) is 12.3 Å². The van der Waals surface area contributed by atoms with E-state index in [-0.39, 0.29) is 6.29 Å². The number of hydrogen-bond donors (Lipinski definition) is 0. The number of rotatable bonds is 7. The van der Waals surface area contributed by atoms with Crippen LogP contribution in [0.4, 0.5) is 13.2 Å². The number of alkyl halides is 3. The monoisotopic (exact) mass is 295 g/mol. The molecule has 108 valence electrons. The van der Waals surface area contributed by atoms with E-state index in [1.165, 1.54) is 17.8 Å². The van der Waals surface area contributed by atoms with Crippen LogP contribution in [-0.4, -0.2) is 30.2 Å². The van der Waals surface area contributed by atoms with Crippen molar-refractivity contribution >= 4 is 11.8 Å². The van der Waals surface area contributed by atoms with E-state index in [9.17, 15) is 13.2 Å². The Morgan fingerprint density at radius 3 is 2.26 bits per heavy atom. The molecule has 0 atom stereocenters. The van der Waals surface area contributed by atoms with Gasteiger partial charge < -0.3 is 9.47 Å². The summed E-state index contributed by atoms with van der Waals surface area (Å²) in [5.74, 6) is 0.486. The third-order valence-corrected chi connectivity index (χ3v) is 3.11. The lowest BCUT2D eigenvalue weighted by Crippen LogP contribution is -2.20. The van der Waals surface area contributed by atoms with Crippen molar-refractivity contribution in [1.82, 2.24) is 4.98 Å². The predicted molar refractivity (Wildman–Crippen MR) is 67.0 cm³/mol. The standard InChI is InChI=1S/C12H16F3NO2S/c1-3-17-11(18-4-2)8-19-10-6-5-9(7-16-10)12(13,14)15/h5-7,11H,3-4,8H2,1-2H3. The molecular formula is C12H16F3NO2S. The number of aromatic nitrogens is 1. The first kappa shape index (κ1) is 16.3. The van der Waals surface area contributed by atoms with E-state index in [1.54, 1.807) is 0 Å². The summed E-state index contributed by atoms with van der Waals surface area (Å²) >= 11 is 1.30. The molecular weight excluding hydrogens is 279 g/mol. The maximum Gasteiger partial charge on any atom is 0.417 e. The normalized spacial score (nSPS) is 12.1. The van der Waals surface area contributed by atoms with Crippen LogP contribution in [0.1, 0.15) is 19.4 Å². The summed E-state index contributed by atoms with van der Waals surface area (Å²) in [6.45, 7) is 4.75. The van der Waals surface area contributed by atoms with Gasteiger partial charge in [-0.3, -0.25) is 0 Å². The number of ether oxygens (including phenoxy) is 2. The molecule has 0 saturated carbocycles. The number of nitrogens with zero attached hydrogens (tertiary/aromatic N) is 1. The highest BCUT2D eigenvalue weighted by molar-refractivity contribution is 7.99. The molecule has 3 nitrogen and oxygen atoms in total. The summed E-state index contributed by atoms with van der Waals surface area (Å²) < 4.78 is 47.7. The Morgan fingerprint density at radius 1 is 1.21 bits per heavy atom. The van der Waals surface area contributed by atoms with Gasteiger partial charge in [-0.15, -0.1) is 11.8 Å². The second-order valence-corrected chi connectivity index (χ2v) is 4.57. The summed E-state index contributed by atoms with van der Waals surface area (Å²) in [7, 11) is 0. The minimum atomic E-state index is -4.35. The molecule has 0 unspecified atom stereocenters. The molecule has 1 heterocycles. The van der Waals surface area contributed by atoms with Gasteiger partial charge in [0.2, 0.25) is 0 Å². The molecule has 19 heavy (non-hydrogen) atoms. The number of pyridine rings is 1. The van der Waals surface area contributed by atoms with Crippen molar-refractivity contribution in [3.05, 3.63) is 23.9 Å². The SMILES string of the molecule is CCOC(CSc1ccc(C(F)(F)F)cn1)OCC. The van der Waals surface area contributed by atoms with Crippen LogP contribution in [0.2, 0.25) is 0 Å². The van der Waals surface area contributed by atoms with Crippen LogP contribution in [0.3, 0.4) is 0 Å². The molecule has 0 amide bonds. The van der Waals surface area contributed by atoms with Gasteiger partial charge in [-0.25, -0.2) is 4.98 Å². The Labute approximate surface area is 114 Å². The molecule has 0 fully saturated rings. The molecule has 1 aromatic heterocycles. The Morgan fingerprint density at radius 2 is 1.84 bits per heavy atom. The summed E-state index contributed by atoms with van der Waals surface area (Å²) in [4.78, 5) is 3.77. The Balaban J connectivity index is 2.53. The molecule has 7 heteroatoms. The topological polar surface area (TPSA) is 31.4 Å². The summed E-state index contributed by atoms with van der Waals surface area (Å²) in [5.41, 5.74) is -0.747. The minimum Gasteiger partial charge on any atom is -0.352 e. The first-order valence-electron chi connectivity index (χ1n) is 5.86. The molecule has 0 N–H and O–H groups in total. The molecule has 0 saturated heterocycles. The first-order valence-corrected chi connectivity index (χ1v) is 6.85. The van der Waals surface area contributed by atoms with E-state index in [2.05, 4.69) is 4.98 Å². The Kier molecular flexibility index (Phi) is 6.60. The first-order chi connectivity index (χ1) is 8.97. The van der Waals surface area contributed by atoms with Crippen molar-refractivity contribution in [3.63, 3.8) is 0 Å². The van der Waals surface area contributed by atoms with Gasteiger partial charge in [0.25, 0.3) is 0 Å². The van der Waals surface area contributed by atoms with E-state index < -0.39 is 11.7 Å². The average molecular weight is 295 g/mol. The summed E-state index contributed by atoms with van der Waals surface area (Å²) in [6, 6.07) is 2.37. The maximum atomic E-state index is 12.3. The second-order valence-electron chi connectivity index (χ2n) is 3.53. The number of thioether (sulfide) groups is 1. The zero-order valence-electron chi connectivity index (χ0n) is 10.7. The van der Waals surface area contributed by atoms with Crippen molar-refractivity contribution in [2.45, 2.75) is 31.3 Å². The van der Waals surface area contributed by atoms with Gasteiger partial charge in [0.1, 0.15) is 0 Å². The van der Waals surface area contributed by atoms with Crippen LogP contribution < -0.4 is 0 Å². The van der Waals surface area contributed by atoms with Gasteiger partial charge in [-0.2, -0.15) is 13.2 Å². The smallest absolute Gasteiger partial charge is 0.352 e. The van der Waals surface area contributed by atoms with Gasteiger partial charge in [0.05, 0.1) is 16.3 Å². The Bertz CT molecular complexity index is 364. The fraction of sp³-hybridized carbons (Fsp3) is 0.583. The summed E-state index contributed by atoms with van der Waals surface area (Å²) in [6.07, 6.45) is -3.89. The molecule has 0 aliphatic carbocycles. The van der Waals surface area contributed by atoms with Gasteiger partial charge in [-0.05, 0) is 26.0 Å². The quantitative estimate of drug-likeness (QED) is 0.568. The molecule has 0 aromatic carbocycles. The third-order valence-electron chi connectivity index (χ3n) is 2.14. The van der Waals surface area contributed by atoms with E-state index in [0.29, 0.717) is 24.0 Å². The van der Waals surface area contributed by atoms with Crippen LogP contribution in [0, 0.1) is 0 Å².